The molecular weight excluding hydrogens is 230 g/mol. The lowest BCUT2D eigenvalue weighted by atomic mass is 10.2. The molecule has 0 saturated heterocycles. The molecule has 66 valence electrons. The minimum atomic E-state index is 0.741. The maximum atomic E-state index is 10.7. The van der Waals surface area contributed by atoms with Gasteiger partial charge in [0.25, 0.3) is 0 Å². The van der Waals surface area contributed by atoms with E-state index in [1.807, 2.05) is 36.0 Å². The summed E-state index contributed by atoms with van der Waals surface area (Å²) in [4.78, 5) is 10.7. The van der Waals surface area contributed by atoms with Crippen molar-refractivity contribution in [2.24, 2.45) is 7.05 Å². The normalized spacial score (nSPS) is 10.6. The zero-order valence-electron chi connectivity index (χ0n) is 7.12. The second-order valence-corrected chi connectivity index (χ2v) is 3.89. The molecule has 0 aliphatic heterocycles. The summed E-state index contributed by atoms with van der Waals surface area (Å²) in [6.07, 6.45) is 2.72. The summed E-state index contributed by atoms with van der Waals surface area (Å²) in [5, 5.41) is 1.00. The Morgan fingerprint density at radius 2 is 2.23 bits per heavy atom. The first-order valence-corrected chi connectivity index (χ1v) is 4.71. The number of aldehydes is 1. The second-order valence-electron chi connectivity index (χ2n) is 2.97. The molecule has 3 heteroatoms. The number of fused-ring (bicyclic) bond motifs is 1. The van der Waals surface area contributed by atoms with Crippen molar-refractivity contribution < 1.29 is 4.79 Å². The highest BCUT2D eigenvalue weighted by Crippen LogP contribution is 2.22. The van der Waals surface area contributed by atoms with Gasteiger partial charge in [0.15, 0.2) is 6.29 Å². The Morgan fingerprint density at radius 3 is 2.92 bits per heavy atom. The van der Waals surface area contributed by atoms with Gasteiger partial charge in [-0.1, -0.05) is 22.0 Å². The van der Waals surface area contributed by atoms with Crippen molar-refractivity contribution in [3.63, 3.8) is 0 Å². The third-order valence-corrected chi connectivity index (χ3v) is 2.60. The highest BCUT2D eigenvalue weighted by molar-refractivity contribution is 9.10. The third-order valence-electron chi connectivity index (χ3n) is 2.11. The molecule has 1 aromatic carbocycles. The summed E-state index contributed by atoms with van der Waals surface area (Å²) >= 11 is 3.40. The van der Waals surface area contributed by atoms with Gasteiger partial charge in [0.2, 0.25) is 0 Å². The fraction of sp³-hybridized carbons (Fsp3) is 0.100. The Labute approximate surface area is 84.3 Å². The molecule has 0 fully saturated rings. The van der Waals surface area contributed by atoms with Gasteiger partial charge in [-0.2, -0.15) is 0 Å². The molecule has 2 nitrogen and oxygen atoms in total. The molecule has 0 aliphatic rings. The number of aryl methyl sites for hydroxylation is 1. The predicted molar refractivity (Wildman–Crippen MR) is 56.0 cm³/mol. The summed E-state index contributed by atoms with van der Waals surface area (Å²) in [7, 11) is 1.93. The van der Waals surface area contributed by atoms with Gasteiger partial charge < -0.3 is 4.57 Å². The van der Waals surface area contributed by atoms with Gasteiger partial charge in [0, 0.05) is 34.2 Å². The van der Waals surface area contributed by atoms with Crippen molar-refractivity contribution >= 4 is 33.1 Å². The molecule has 0 saturated carbocycles. The van der Waals surface area contributed by atoms with Gasteiger partial charge in [-0.25, -0.2) is 0 Å². The molecule has 0 unspecified atom stereocenters. The van der Waals surface area contributed by atoms with Crippen molar-refractivity contribution in [3.8, 4) is 0 Å². The molecule has 1 heterocycles. The summed E-state index contributed by atoms with van der Waals surface area (Å²) in [6.45, 7) is 0. The standard InChI is InChI=1S/C10H8BrNO/c1-12-5-7(6-13)9-3-2-8(11)4-10(9)12/h2-6H,1H3. The largest absolute Gasteiger partial charge is 0.350 e. The zero-order chi connectivity index (χ0) is 9.42. The molecule has 0 atom stereocenters. The van der Waals surface area contributed by atoms with Crippen LogP contribution in [0.5, 0.6) is 0 Å². The average molecular weight is 238 g/mol. The summed E-state index contributed by atoms with van der Waals surface area (Å²) in [5.41, 5.74) is 1.81. The number of hydrogen-bond acceptors (Lipinski definition) is 1. The Kier molecular flexibility index (Phi) is 1.96. The lowest BCUT2D eigenvalue weighted by molar-refractivity contribution is 0.112. The van der Waals surface area contributed by atoms with Crippen LogP contribution in [0.1, 0.15) is 10.4 Å². The molecule has 0 bridgehead atoms. The number of halogens is 1. The summed E-state index contributed by atoms with van der Waals surface area (Å²) < 4.78 is 2.97. The van der Waals surface area contributed by atoms with E-state index < -0.39 is 0 Å². The van der Waals surface area contributed by atoms with Crippen LogP contribution in [-0.2, 0) is 7.05 Å². The molecule has 1 aromatic heterocycles. The van der Waals surface area contributed by atoms with E-state index in [-0.39, 0.29) is 0 Å². The van der Waals surface area contributed by atoms with Crippen LogP contribution in [0, 0.1) is 0 Å². The van der Waals surface area contributed by atoms with E-state index in [0.29, 0.717) is 0 Å². The van der Waals surface area contributed by atoms with Crippen LogP contribution < -0.4 is 0 Å². The van der Waals surface area contributed by atoms with Gasteiger partial charge >= 0.3 is 0 Å². The van der Waals surface area contributed by atoms with Crippen LogP contribution in [0.25, 0.3) is 10.9 Å². The second kappa shape index (κ2) is 3.00. The van der Waals surface area contributed by atoms with E-state index in [9.17, 15) is 4.79 Å². The fourth-order valence-corrected chi connectivity index (χ4v) is 1.83. The van der Waals surface area contributed by atoms with E-state index >= 15 is 0 Å². The molecule has 2 rings (SSSR count). The van der Waals surface area contributed by atoms with Crippen molar-refractivity contribution in [1.29, 1.82) is 0 Å². The monoisotopic (exact) mass is 237 g/mol. The quantitative estimate of drug-likeness (QED) is 0.700. The Balaban J connectivity index is 2.88. The highest BCUT2D eigenvalue weighted by atomic mass is 79.9. The number of aromatic nitrogens is 1. The molecule has 0 radical (unpaired) electrons. The van der Waals surface area contributed by atoms with E-state index in [0.717, 1.165) is 27.2 Å². The molecule has 0 amide bonds. The summed E-state index contributed by atoms with van der Waals surface area (Å²) in [6, 6.07) is 5.89. The molecule has 0 spiro atoms. The maximum Gasteiger partial charge on any atom is 0.152 e. The molecule has 2 aromatic rings. The van der Waals surface area contributed by atoms with Crippen LogP contribution in [0.4, 0.5) is 0 Å². The van der Waals surface area contributed by atoms with Gasteiger partial charge in [0.1, 0.15) is 0 Å². The maximum absolute atomic E-state index is 10.7. The fourth-order valence-electron chi connectivity index (χ4n) is 1.48. The van der Waals surface area contributed by atoms with Gasteiger partial charge in [-0.15, -0.1) is 0 Å². The summed E-state index contributed by atoms with van der Waals surface area (Å²) in [5.74, 6) is 0. The number of carbonyl (C=O) groups excluding carboxylic acids is 1. The number of rotatable bonds is 1. The van der Waals surface area contributed by atoms with E-state index in [1.54, 1.807) is 0 Å². The van der Waals surface area contributed by atoms with Crippen LogP contribution in [-0.4, -0.2) is 10.9 Å². The predicted octanol–water partition coefficient (Wildman–Crippen LogP) is 2.75. The minimum absolute atomic E-state index is 0.741. The van der Waals surface area contributed by atoms with Crippen LogP contribution >= 0.6 is 15.9 Å². The lowest BCUT2D eigenvalue weighted by Gasteiger charge is -1.95. The smallest absolute Gasteiger partial charge is 0.152 e. The average Bonchev–Trinajstić information content (AvgIpc) is 2.43. The van der Waals surface area contributed by atoms with Crippen molar-refractivity contribution in [3.05, 3.63) is 34.4 Å². The first kappa shape index (κ1) is 8.51. The Hall–Kier alpha value is -1.09. The van der Waals surface area contributed by atoms with Crippen LogP contribution in [0.15, 0.2) is 28.9 Å². The van der Waals surface area contributed by atoms with Gasteiger partial charge in [-0.05, 0) is 12.1 Å². The lowest BCUT2D eigenvalue weighted by Crippen LogP contribution is -1.82. The molecule has 13 heavy (non-hydrogen) atoms. The minimum Gasteiger partial charge on any atom is -0.350 e. The van der Waals surface area contributed by atoms with Crippen molar-refractivity contribution in [2.75, 3.05) is 0 Å². The first-order chi connectivity index (χ1) is 6.22. The van der Waals surface area contributed by atoms with E-state index in [4.69, 9.17) is 0 Å². The van der Waals surface area contributed by atoms with Crippen LogP contribution in [0.3, 0.4) is 0 Å². The van der Waals surface area contributed by atoms with Crippen molar-refractivity contribution in [2.45, 2.75) is 0 Å². The number of nitrogens with zero attached hydrogens (tertiary/aromatic N) is 1. The third kappa shape index (κ3) is 1.29. The van der Waals surface area contributed by atoms with Gasteiger partial charge in [-0.3, -0.25) is 4.79 Å². The number of hydrogen-bond donors (Lipinski definition) is 0. The van der Waals surface area contributed by atoms with E-state index in [2.05, 4.69) is 15.9 Å². The molecule has 0 N–H and O–H groups in total. The van der Waals surface area contributed by atoms with Crippen molar-refractivity contribution in [1.82, 2.24) is 4.57 Å². The first-order valence-electron chi connectivity index (χ1n) is 3.92. The Morgan fingerprint density at radius 1 is 1.46 bits per heavy atom. The highest BCUT2D eigenvalue weighted by Gasteiger charge is 2.04. The molecule has 0 aliphatic carbocycles. The molecular formula is C10H8BrNO. The van der Waals surface area contributed by atoms with Gasteiger partial charge in [0.05, 0.1) is 0 Å². The zero-order valence-corrected chi connectivity index (χ0v) is 8.71. The van der Waals surface area contributed by atoms with E-state index in [1.165, 1.54) is 0 Å². The topological polar surface area (TPSA) is 22.0 Å². The van der Waals surface area contributed by atoms with Crippen LogP contribution in [0.2, 0.25) is 0 Å². The number of benzene rings is 1. The number of carbonyl (C=O) groups is 1. The SMILES string of the molecule is Cn1cc(C=O)c2ccc(Br)cc21. The Bertz CT molecular complexity index is 473.